The smallest absolute Gasteiger partial charge is 0.407 e. The number of nitrogens with one attached hydrogen (secondary N) is 3. The van der Waals surface area contributed by atoms with E-state index in [9.17, 15) is 4.79 Å². The normalized spacial score (nSPS) is 23.3. The second-order valence-electron chi connectivity index (χ2n) is 8.60. The molecular weight excluding hydrogens is 436 g/mol. The third kappa shape index (κ3) is 5.09. The van der Waals surface area contributed by atoms with Gasteiger partial charge in [0.25, 0.3) is 0 Å². The maximum absolute atomic E-state index is 12.2. The summed E-state index contributed by atoms with van der Waals surface area (Å²) in [5, 5.41) is 20.1. The number of ether oxygens (including phenoxy) is 2. The van der Waals surface area contributed by atoms with E-state index in [-0.39, 0.29) is 18.1 Å². The van der Waals surface area contributed by atoms with Gasteiger partial charge in [0.15, 0.2) is 5.82 Å². The lowest BCUT2D eigenvalue weighted by atomic mass is 10.0. The average molecular weight is 465 g/mol. The van der Waals surface area contributed by atoms with Crippen LogP contribution in [-0.4, -0.2) is 63.7 Å². The maximum atomic E-state index is 12.2. The summed E-state index contributed by atoms with van der Waals surface area (Å²) in [4.78, 5) is 20.7. The number of fused-ring (bicyclic) bond motifs is 1. The molecule has 0 bridgehead atoms. The fourth-order valence-electron chi connectivity index (χ4n) is 4.53. The first-order chi connectivity index (χ1) is 16.7. The number of hydrogen-bond donors (Lipinski definition) is 3. The minimum absolute atomic E-state index is 0.0183. The minimum Gasteiger partial charge on any atom is -0.446 e. The molecule has 0 aromatic carbocycles. The number of amidine groups is 1. The van der Waals surface area contributed by atoms with E-state index in [1.807, 2.05) is 29.4 Å². The second-order valence-corrected chi connectivity index (χ2v) is 8.60. The molecule has 5 rings (SSSR count). The van der Waals surface area contributed by atoms with Crippen LogP contribution in [0.1, 0.15) is 42.9 Å². The first-order valence-electron chi connectivity index (χ1n) is 11.4. The molecule has 3 unspecified atom stereocenters. The van der Waals surface area contributed by atoms with Crippen molar-refractivity contribution in [2.24, 2.45) is 10.1 Å². The van der Waals surface area contributed by atoms with E-state index in [1.54, 1.807) is 25.7 Å². The summed E-state index contributed by atoms with van der Waals surface area (Å²) in [6.45, 7) is 0.904. The standard InChI is InChI=1S/C23H28N8O3/c1-33-14-17-10-20-22(25-7-8-31(20)30-17)27-21-11-19(28-29-21)16-4-5-18(9-16)34-23(32)26-13-15-3-2-6-24-12-15/h2-3,6-8,11-12,16,18,20H,4-5,9-10,13-14H2,1H3,(H,26,32)(H2,25,27,28,29). The van der Waals surface area contributed by atoms with Crippen LogP contribution in [0.2, 0.25) is 0 Å². The minimum atomic E-state index is -0.402. The number of carbonyl (C=O) groups excluding carboxylic acids is 1. The molecule has 34 heavy (non-hydrogen) atoms. The molecule has 2 aliphatic heterocycles. The Hall–Kier alpha value is -3.73. The molecule has 0 saturated heterocycles. The third-order valence-corrected chi connectivity index (χ3v) is 6.18. The Morgan fingerprint density at radius 3 is 3.15 bits per heavy atom. The van der Waals surface area contributed by atoms with Crippen molar-refractivity contribution in [2.75, 3.05) is 19.0 Å². The van der Waals surface area contributed by atoms with Gasteiger partial charge in [0, 0.05) is 62.5 Å². The number of amides is 1. The summed E-state index contributed by atoms with van der Waals surface area (Å²) >= 11 is 0. The Morgan fingerprint density at radius 2 is 2.29 bits per heavy atom. The molecule has 2 aromatic heterocycles. The van der Waals surface area contributed by atoms with Crippen LogP contribution in [0, 0.1) is 0 Å². The molecule has 3 aliphatic rings. The predicted octanol–water partition coefficient (Wildman–Crippen LogP) is 2.74. The highest BCUT2D eigenvalue weighted by Crippen LogP contribution is 2.36. The van der Waals surface area contributed by atoms with E-state index in [2.05, 4.69) is 35.9 Å². The van der Waals surface area contributed by atoms with E-state index in [0.717, 1.165) is 48.5 Å². The number of hydrazone groups is 1. The molecule has 0 radical (unpaired) electrons. The first-order valence-corrected chi connectivity index (χ1v) is 11.4. The number of H-pyrrole nitrogens is 1. The number of alkyl carbamates (subject to hydrolysis) is 1. The Kier molecular flexibility index (Phi) is 6.52. The Morgan fingerprint density at radius 1 is 1.35 bits per heavy atom. The van der Waals surface area contributed by atoms with E-state index < -0.39 is 6.09 Å². The van der Waals surface area contributed by atoms with Crippen molar-refractivity contribution < 1.29 is 14.3 Å². The monoisotopic (exact) mass is 464 g/mol. The van der Waals surface area contributed by atoms with Crippen molar-refractivity contribution in [3.8, 4) is 0 Å². The summed E-state index contributed by atoms with van der Waals surface area (Å²) in [5.41, 5.74) is 2.94. The van der Waals surface area contributed by atoms with Crippen molar-refractivity contribution in [2.45, 2.75) is 50.3 Å². The number of aromatic amines is 1. The van der Waals surface area contributed by atoms with Crippen LogP contribution in [0.25, 0.3) is 0 Å². The van der Waals surface area contributed by atoms with Crippen molar-refractivity contribution in [3.05, 3.63) is 54.3 Å². The van der Waals surface area contributed by atoms with Gasteiger partial charge >= 0.3 is 6.09 Å². The number of methoxy groups -OCH3 is 1. The van der Waals surface area contributed by atoms with E-state index in [4.69, 9.17) is 9.47 Å². The van der Waals surface area contributed by atoms with E-state index >= 15 is 0 Å². The second kappa shape index (κ2) is 10.0. The molecule has 1 amide bonds. The number of aliphatic imine (C=N–C) groups is 1. The zero-order chi connectivity index (χ0) is 23.3. The van der Waals surface area contributed by atoms with Crippen LogP contribution >= 0.6 is 0 Å². The van der Waals surface area contributed by atoms with Crippen LogP contribution < -0.4 is 10.6 Å². The van der Waals surface area contributed by atoms with E-state index in [0.29, 0.717) is 19.0 Å². The number of aromatic nitrogens is 3. The summed E-state index contributed by atoms with van der Waals surface area (Å²) < 4.78 is 10.8. The number of carbonyl (C=O) groups is 1. The Balaban J connectivity index is 1.11. The lowest BCUT2D eigenvalue weighted by Gasteiger charge is -2.24. The largest absolute Gasteiger partial charge is 0.446 e. The first kappa shape index (κ1) is 22.1. The topological polar surface area (TPSA) is 129 Å². The SMILES string of the molecule is COCC1=NN2C=CN=C(Nc3cc(C4CCC(OC(=O)NCc5cccnc5)C4)[nH]n3)C2C1. The molecule has 3 N–H and O–H groups in total. The van der Waals surface area contributed by atoms with Crippen LogP contribution in [0.4, 0.5) is 10.6 Å². The van der Waals surface area contributed by atoms with Crippen molar-refractivity contribution in [1.29, 1.82) is 0 Å². The van der Waals surface area contributed by atoms with E-state index in [1.165, 1.54) is 0 Å². The molecule has 1 saturated carbocycles. The van der Waals surface area contributed by atoms with Crippen LogP contribution in [-0.2, 0) is 16.0 Å². The molecule has 1 aliphatic carbocycles. The highest BCUT2D eigenvalue weighted by Gasteiger charge is 2.33. The molecule has 11 nitrogen and oxygen atoms in total. The van der Waals surface area contributed by atoms with Gasteiger partial charge in [-0.2, -0.15) is 10.2 Å². The van der Waals surface area contributed by atoms with Gasteiger partial charge in [-0.1, -0.05) is 6.07 Å². The van der Waals surface area contributed by atoms with Gasteiger partial charge in [-0.3, -0.25) is 15.1 Å². The van der Waals surface area contributed by atoms with Crippen molar-refractivity contribution in [3.63, 3.8) is 0 Å². The van der Waals surface area contributed by atoms with Gasteiger partial charge < -0.3 is 20.1 Å². The molecule has 1 fully saturated rings. The summed E-state index contributed by atoms with van der Waals surface area (Å²) in [7, 11) is 1.67. The lowest BCUT2D eigenvalue weighted by molar-refractivity contribution is 0.0996. The molecule has 2 aromatic rings. The highest BCUT2D eigenvalue weighted by atomic mass is 16.6. The zero-order valence-electron chi connectivity index (χ0n) is 19.0. The third-order valence-electron chi connectivity index (χ3n) is 6.18. The van der Waals surface area contributed by atoms with Crippen LogP contribution in [0.15, 0.2) is 53.1 Å². The van der Waals surface area contributed by atoms with Crippen molar-refractivity contribution in [1.82, 2.24) is 25.5 Å². The van der Waals surface area contributed by atoms with Gasteiger partial charge in [0.2, 0.25) is 0 Å². The fraction of sp³-hybridized carbons (Fsp3) is 0.435. The fourth-order valence-corrected chi connectivity index (χ4v) is 4.53. The Labute approximate surface area is 197 Å². The highest BCUT2D eigenvalue weighted by molar-refractivity contribution is 6.04. The van der Waals surface area contributed by atoms with Gasteiger partial charge in [0.1, 0.15) is 18.0 Å². The van der Waals surface area contributed by atoms with Gasteiger partial charge in [0.05, 0.1) is 12.3 Å². The summed E-state index contributed by atoms with van der Waals surface area (Å²) in [6, 6.07) is 5.77. The van der Waals surface area contributed by atoms with Crippen molar-refractivity contribution >= 4 is 23.5 Å². The number of pyridine rings is 1. The average Bonchev–Trinajstić information content (AvgIpc) is 3.59. The summed E-state index contributed by atoms with van der Waals surface area (Å²) in [6.07, 6.45) is 9.76. The zero-order valence-corrected chi connectivity index (χ0v) is 19.0. The number of nitrogens with zero attached hydrogens (tertiary/aromatic N) is 5. The number of rotatable bonds is 7. The quantitative estimate of drug-likeness (QED) is 0.575. The van der Waals surface area contributed by atoms with Crippen LogP contribution in [0.5, 0.6) is 0 Å². The Bertz CT molecular complexity index is 1100. The number of anilines is 1. The molecule has 178 valence electrons. The molecular formula is C23H28N8O3. The van der Waals surface area contributed by atoms with Gasteiger partial charge in [-0.25, -0.2) is 9.79 Å². The molecule has 4 heterocycles. The van der Waals surface area contributed by atoms with Gasteiger partial charge in [-0.15, -0.1) is 0 Å². The predicted molar refractivity (Wildman–Crippen MR) is 126 cm³/mol. The molecule has 11 heteroatoms. The summed E-state index contributed by atoms with van der Waals surface area (Å²) in [5.74, 6) is 1.77. The maximum Gasteiger partial charge on any atom is 0.407 e. The number of hydrogen-bond acceptors (Lipinski definition) is 9. The molecule has 0 spiro atoms. The molecule has 3 atom stereocenters. The van der Waals surface area contributed by atoms with Gasteiger partial charge in [-0.05, 0) is 30.9 Å². The lowest BCUT2D eigenvalue weighted by Crippen LogP contribution is -2.37. The van der Waals surface area contributed by atoms with Crippen LogP contribution in [0.3, 0.4) is 0 Å².